The van der Waals surface area contributed by atoms with Crippen molar-refractivity contribution in [3.05, 3.63) is 25.8 Å². The van der Waals surface area contributed by atoms with Crippen LogP contribution in [0.3, 0.4) is 0 Å². The zero-order chi connectivity index (χ0) is 9.97. The first kappa shape index (κ1) is 9.82. The molecule has 0 aliphatic rings. The van der Waals surface area contributed by atoms with E-state index < -0.39 is 0 Å². The first-order chi connectivity index (χ1) is 6.75. The molecule has 0 saturated carbocycles. The number of aromatic amines is 1. The Bertz CT molecular complexity index is 468. The van der Waals surface area contributed by atoms with Gasteiger partial charge in [0.05, 0.1) is 6.54 Å². The van der Waals surface area contributed by atoms with Crippen molar-refractivity contribution in [2.75, 3.05) is 5.32 Å². The van der Waals surface area contributed by atoms with Crippen molar-refractivity contribution >= 4 is 40.0 Å². The number of thiophene rings is 1. The SMILES string of the molecule is Cc1ccsc1CNc1n[nH]c(=S)s1. The number of hydrogen-bond donors (Lipinski definition) is 2. The third-order valence-corrected chi connectivity index (χ3v) is 3.88. The largest absolute Gasteiger partial charge is 0.355 e. The van der Waals surface area contributed by atoms with Crippen molar-refractivity contribution < 1.29 is 0 Å². The standard InChI is InChI=1S/C8H9N3S3/c1-5-2-3-13-6(5)4-9-7-10-11-8(12)14-7/h2-3H,4H2,1H3,(H,9,10)(H,11,12). The van der Waals surface area contributed by atoms with Crippen LogP contribution >= 0.6 is 34.9 Å². The summed E-state index contributed by atoms with van der Waals surface area (Å²) in [6, 6.07) is 2.12. The molecule has 0 aromatic carbocycles. The van der Waals surface area contributed by atoms with Crippen LogP contribution in [0.1, 0.15) is 10.4 Å². The van der Waals surface area contributed by atoms with Crippen LogP contribution in [0.2, 0.25) is 0 Å². The van der Waals surface area contributed by atoms with Gasteiger partial charge in [-0.05, 0) is 36.2 Å². The average molecular weight is 243 g/mol. The number of aryl methyl sites for hydroxylation is 1. The summed E-state index contributed by atoms with van der Waals surface area (Å²) in [7, 11) is 0. The number of rotatable bonds is 3. The van der Waals surface area contributed by atoms with E-state index in [9.17, 15) is 0 Å². The van der Waals surface area contributed by atoms with Crippen LogP contribution in [0.25, 0.3) is 0 Å². The van der Waals surface area contributed by atoms with Crippen LogP contribution in [0.5, 0.6) is 0 Å². The van der Waals surface area contributed by atoms with Crippen molar-refractivity contribution in [1.29, 1.82) is 0 Å². The van der Waals surface area contributed by atoms with E-state index in [0.29, 0.717) is 3.95 Å². The molecule has 2 aromatic rings. The van der Waals surface area contributed by atoms with E-state index >= 15 is 0 Å². The molecule has 0 saturated heterocycles. The van der Waals surface area contributed by atoms with Crippen molar-refractivity contribution in [3.63, 3.8) is 0 Å². The second kappa shape index (κ2) is 4.20. The van der Waals surface area contributed by atoms with Crippen LogP contribution in [-0.4, -0.2) is 10.2 Å². The topological polar surface area (TPSA) is 40.7 Å². The molecular weight excluding hydrogens is 234 g/mol. The lowest BCUT2D eigenvalue weighted by Gasteiger charge is -1.99. The molecule has 0 bridgehead atoms. The molecular formula is C8H9N3S3. The predicted octanol–water partition coefficient (Wildman–Crippen LogP) is 3.18. The van der Waals surface area contributed by atoms with E-state index in [1.54, 1.807) is 11.3 Å². The minimum absolute atomic E-state index is 0.704. The molecule has 0 fully saturated rings. The third kappa shape index (κ3) is 2.20. The first-order valence-corrected chi connectivity index (χ1v) is 6.18. The van der Waals surface area contributed by atoms with Crippen LogP contribution in [0.4, 0.5) is 5.13 Å². The Hall–Kier alpha value is -0.720. The maximum Gasteiger partial charge on any atom is 0.204 e. The number of anilines is 1. The van der Waals surface area contributed by atoms with Gasteiger partial charge in [0.25, 0.3) is 0 Å². The Morgan fingerprint density at radius 2 is 2.50 bits per heavy atom. The fourth-order valence-electron chi connectivity index (χ4n) is 1.05. The zero-order valence-electron chi connectivity index (χ0n) is 7.53. The quantitative estimate of drug-likeness (QED) is 0.813. The van der Waals surface area contributed by atoms with E-state index in [2.05, 4.69) is 33.9 Å². The second-order valence-corrected chi connectivity index (χ2v) is 5.47. The summed E-state index contributed by atoms with van der Waals surface area (Å²) in [4.78, 5) is 1.34. The Morgan fingerprint density at radius 1 is 1.64 bits per heavy atom. The summed E-state index contributed by atoms with van der Waals surface area (Å²) in [5.74, 6) is 0. The van der Waals surface area contributed by atoms with E-state index in [1.165, 1.54) is 21.8 Å². The minimum atomic E-state index is 0.704. The maximum atomic E-state index is 4.94. The fraction of sp³-hybridized carbons (Fsp3) is 0.250. The molecule has 0 amide bonds. The molecule has 14 heavy (non-hydrogen) atoms. The minimum Gasteiger partial charge on any atom is -0.355 e. The highest BCUT2D eigenvalue weighted by molar-refractivity contribution is 7.73. The molecule has 2 N–H and O–H groups in total. The molecule has 0 radical (unpaired) electrons. The molecule has 0 spiro atoms. The number of nitrogens with one attached hydrogen (secondary N) is 2. The Kier molecular flexibility index (Phi) is 2.95. The number of H-pyrrole nitrogens is 1. The highest BCUT2D eigenvalue weighted by Gasteiger charge is 2.01. The van der Waals surface area contributed by atoms with Crippen LogP contribution in [0.15, 0.2) is 11.4 Å². The molecule has 74 valence electrons. The van der Waals surface area contributed by atoms with Gasteiger partial charge in [-0.3, -0.25) is 5.10 Å². The van der Waals surface area contributed by atoms with Gasteiger partial charge in [-0.1, -0.05) is 11.3 Å². The summed E-state index contributed by atoms with van der Waals surface area (Å²) < 4.78 is 0.704. The number of aromatic nitrogens is 2. The van der Waals surface area contributed by atoms with Gasteiger partial charge in [-0.2, -0.15) is 0 Å². The Labute approximate surface area is 94.8 Å². The smallest absolute Gasteiger partial charge is 0.204 e. The molecule has 2 aromatic heterocycles. The third-order valence-electron chi connectivity index (χ3n) is 1.81. The molecule has 0 aliphatic heterocycles. The average Bonchev–Trinajstić information content (AvgIpc) is 2.72. The zero-order valence-corrected chi connectivity index (χ0v) is 9.98. The van der Waals surface area contributed by atoms with Gasteiger partial charge in [0.15, 0.2) is 3.95 Å². The van der Waals surface area contributed by atoms with Gasteiger partial charge in [-0.25, -0.2) is 0 Å². The molecule has 2 heterocycles. The maximum absolute atomic E-state index is 4.94. The van der Waals surface area contributed by atoms with Crippen LogP contribution in [0, 0.1) is 10.9 Å². The lowest BCUT2D eigenvalue weighted by molar-refractivity contribution is 1.05. The molecule has 0 unspecified atom stereocenters. The van der Waals surface area contributed by atoms with E-state index in [1.807, 2.05) is 0 Å². The van der Waals surface area contributed by atoms with Gasteiger partial charge in [0, 0.05) is 4.88 Å². The molecule has 0 atom stereocenters. The van der Waals surface area contributed by atoms with Crippen molar-refractivity contribution in [3.8, 4) is 0 Å². The highest BCUT2D eigenvalue weighted by Crippen LogP contribution is 2.18. The van der Waals surface area contributed by atoms with Crippen LogP contribution in [-0.2, 0) is 6.54 Å². The van der Waals surface area contributed by atoms with Gasteiger partial charge in [0.2, 0.25) is 5.13 Å². The lowest BCUT2D eigenvalue weighted by Crippen LogP contribution is -1.97. The van der Waals surface area contributed by atoms with Gasteiger partial charge in [0.1, 0.15) is 0 Å². The van der Waals surface area contributed by atoms with Gasteiger partial charge in [-0.15, -0.1) is 16.4 Å². The Balaban J connectivity index is 2.01. The van der Waals surface area contributed by atoms with Crippen LogP contribution < -0.4 is 5.32 Å². The van der Waals surface area contributed by atoms with Crippen molar-refractivity contribution in [1.82, 2.24) is 10.2 Å². The number of hydrogen-bond acceptors (Lipinski definition) is 5. The number of nitrogens with zero attached hydrogens (tertiary/aromatic N) is 1. The summed E-state index contributed by atoms with van der Waals surface area (Å²) in [5.41, 5.74) is 1.32. The van der Waals surface area contributed by atoms with Crippen molar-refractivity contribution in [2.45, 2.75) is 13.5 Å². The lowest BCUT2D eigenvalue weighted by atomic mass is 10.3. The first-order valence-electron chi connectivity index (χ1n) is 4.08. The molecule has 3 nitrogen and oxygen atoms in total. The Morgan fingerprint density at radius 3 is 3.07 bits per heavy atom. The summed E-state index contributed by atoms with van der Waals surface area (Å²) in [6.45, 7) is 2.93. The summed E-state index contributed by atoms with van der Waals surface area (Å²) in [5, 5.41) is 12.9. The fourth-order valence-corrected chi connectivity index (χ4v) is 2.68. The van der Waals surface area contributed by atoms with Gasteiger partial charge >= 0.3 is 0 Å². The normalized spacial score (nSPS) is 10.4. The summed E-state index contributed by atoms with van der Waals surface area (Å²) in [6.07, 6.45) is 0. The van der Waals surface area contributed by atoms with Crippen molar-refractivity contribution in [2.24, 2.45) is 0 Å². The monoisotopic (exact) mass is 243 g/mol. The molecule has 6 heteroatoms. The van der Waals surface area contributed by atoms with E-state index in [-0.39, 0.29) is 0 Å². The highest BCUT2D eigenvalue weighted by atomic mass is 32.1. The molecule has 2 rings (SSSR count). The van der Waals surface area contributed by atoms with Gasteiger partial charge < -0.3 is 5.32 Å². The van der Waals surface area contributed by atoms with E-state index in [4.69, 9.17) is 12.2 Å². The molecule has 0 aliphatic carbocycles. The second-order valence-electron chi connectivity index (χ2n) is 2.80. The summed E-state index contributed by atoms with van der Waals surface area (Å²) >= 11 is 8.15. The van der Waals surface area contributed by atoms with E-state index in [0.717, 1.165) is 11.7 Å². The predicted molar refractivity (Wildman–Crippen MR) is 63.7 cm³/mol.